The van der Waals surface area contributed by atoms with Crippen LogP contribution < -0.4 is 5.32 Å². The monoisotopic (exact) mass is 1050 g/mol. The van der Waals surface area contributed by atoms with Crippen LogP contribution in [0.3, 0.4) is 0 Å². The minimum Gasteiger partial charge on any atom is -0.391 e. The van der Waals surface area contributed by atoms with Gasteiger partial charge in [-0.25, -0.2) is 4.57 Å². The molecule has 0 saturated heterocycles. The Morgan fingerprint density at radius 2 is 0.781 bits per heavy atom. The van der Waals surface area contributed by atoms with Crippen molar-refractivity contribution in [1.82, 2.24) is 5.32 Å². The lowest BCUT2D eigenvalue weighted by atomic mass is 10.0. The van der Waals surface area contributed by atoms with Crippen LogP contribution >= 0.6 is 7.82 Å². The van der Waals surface area contributed by atoms with Gasteiger partial charge < -0.3 is 19.8 Å². The van der Waals surface area contributed by atoms with Gasteiger partial charge in [-0.05, 0) is 51.4 Å². The predicted octanol–water partition coefficient (Wildman–Crippen LogP) is 19.7. The van der Waals surface area contributed by atoms with Crippen LogP contribution in [0.5, 0.6) is 0 Å². The van der Waals surface area contributed by atoms with E-state index in [0.717, 1.165) is 51.4 Å². The smallest absolute Gasteiger partial charge is 0.391 e. The van der Waals surface area contributed by atoms with E-state index in [9.17, 15) is 19.4 Å². The van der Waals surface area contributed by atoms with Crippen molar-refractivity contribution in [3.63, 3.8) is 0 Å². The topological polar surface area (TPSA) is 105 Å². The second kappa shape index (κ2) is 55.5. The van der Waals surface area contributed by atoms with Crippen LogP contribution in [-0.2, 0) is 18.4 Å². The molecule has 9 heteroatoms. The zero-order valence-electron chi connectivity index (χ0n) is 49.4. The zero-order valence-corrected chi connectivity index (χ0v) is 50.3. The molecular formula is C64H126N2O6P+. The molecule has 3 N–H and O–H groups in total. The molecular weight excluding hydrogens is 924 g/mol. The Kier molecular flexibility index (Phi) is 54.5. The molecule has 0 radical (unpaired) electrons. The van der Waals surface area contributed by atoms with E-state index in [-0.39, 0.29) is 19.1 Å². The summed E-state index contributed by atoms with van der Waals surface area (Å²) in [6.07, 6.45) is 72.1. The van der Waals surface area contributed by atoms with Crippen molar-refractivity contribution in [1.29, 1.82) is 0 Å². The fourth-order valence-electron chi connectivity index (χ4n) is 9.65. The highest BCUT2D eigenvalue weighted by Gasteiger charge is 2.28. The number of carbonyl (C=O) groups is 1. The van der Waals surface area contributed by atoms with Gasteiger partial charge in [-0.3, -0.25) is 13.8 Å². The van der Waals surface area contributed by atoms with Gasteiger partial charge in [-0.1, -0.05) is 294 Å². The van der Waals surface area contributed by atoms with Gasteiger partial charge in [0.15, 0.2) is 0 Å². The average molecular weight is 1050 g/mol. The first-order chi connectivity index (χ1) is 35.5. The molecule has 432 valence electrons. The Morgan fingerprint density at radius 3 is 1.14 bits per heavy atom. The molecule has 8 nitrogen and oxygen atoms in total. The number of hydrogen-bond donors (Lipinski definition) is 3. The molecule has 73 heavy (non-hydrogen) atoms. The molecule has 0 aromatic rings. The molecule has 0 heterocycles. The Labute approximate surface area is 455 Å². The van der Waals surface area contributed by atoms with Crippen LogP contribution in [-0.4, -0.2) is 73.4 Å². The number of aliphatic hydroxyl groups is 1. The van der Waals surface area contributed by atoms with Gasteiger partial charge in [-0.2, -0.15) is 0 Å². The SMILES string of the molecule is CCCCCCC/C=C\C/C=C\C/C=C\CCCCCCCCCCCCCCCCC(=O)NC(COP(=O)(O)OCC[N+](C)(C)C)C(O)CCCCCCCCCCCCCCCCCCCCCCCC. The highest BCUT2D eigenvalue weighted by atomic mass is 31.2. The van der Waals surface area contributed by atoms with Crippen molar-refractivity contribution in [3.05, 3.63) is 36.5 Å². The van der Waals surface area contributed by atoms with Crippen molar-refractivity contribution in [2.75, 3.05) is 40.9 Å². The van der Waals surface area contributed by atoms with E-state index in [1.54, 1.807) is 0 Å². The molecule has 0 bridgehead atoms. The van der Waals surface area contributed by atoms with Crippen LogP contribution in [0.4, 0.5) is 0 Å². The molecule has 1 amide bonds. The first kappa shape index (κ1) is 71.7. The molecule has 0 aliphatic carbocycles. The lowest BCUT2D eigenvalue weighted by Crippen LogP contribution is -2.46. The number of quaternary nitrogens is 1. The third kappa shape index (κ3) is 58.2. The Morgan fingerprint density at radius 1 is 0.466 bits per heavy atom. The van der Waals surface area contributed by atoms with E-state index in [2.05, 4.69) is 55.6 Å². The lowest BCUT2D eigenvalue weighted by molar-refractivity contribution is -0.870. The van der Waals surface area contributed by atoms with Gasteiger partial charge >= 0.3 is 7.82 Å². The number of likely N-dealkylation sites (N-methyl/N-ethyl adjacent to an activating group) is 1. The standard InChI is InChI=1S/C64H125N2O6P/c1-6-8-10-12-14-16-18-20-22-24-26-28-30-31-32-33-34-35-36-38-40-42-44-46-48-50-52-54-56-58-64(68)65-62(61-72-73(69,70)71-60-59-66(3,4)5)63(67)57-55-53-51-49-47-45-43-41-39-37-29-27-25-23-21-19-17-15-13-11-9-7-2/h18,20,24,26,30-31,62-63,67H,6-17,19,21-23,25,27-29,32-61H2,1-5H3,(H-,65,68,69,70)/p+1/b20-18-,26-24-,31-30-. The summed E-state index contributed by atoms with van der Waals surface area (Å²) >= 11 is 0. The number of allylic oxidation sites excluding steroid dienone is 6. The number of nitrogens with one attached hydrogen (secondary N) is 1. The third-order valence-electron chi connectivity index (χ3n) is 14.6. The maximum Gasteiger partial charge on any atom is 0.472 e. The van der Waals surface area contributed by atoms with Crippen molar-refractivity contribution >= 4 is 13.7 Å². The lowest BCUT2D eigenvalue weighted by Gasteiger charge is -2.26. The minimum atomic E-state index is -4.33. The van der Waals surface area contributed by atoms with Gasteiger partial charge in [0.05, 0.1) is 39.9 Å². The van der Waals surface area contributed by atoms with Crippen molar-refractivity contribution in [2.24, 2.45) is 0 Å². The summed E-state index contributed by atoms with van der Waals surface area (Å²) in [7, 11) is 1.63. The zero-order chi connectivity index (χ0) is 53.5. The van der Waals surface area contributed by atoms with Crippen LogP contribution in [0.2, 0.25) is 0 Å². The molecule has 0 aliphatic rings. The van der Waals surface area contributed by atoms with Crippen LogP contribution in [0.15, 0.2) is 36.5 Å². The molecule has 0 spiro atoms. The van der Waals surface area contributed by atoms with E-state index in [1.165, 1.54) is 238 Å². The molecule has 0 rings (SSSR count). The number of carbonyl (C=O) groups excluding carboxylic acids is 1. The van der Waals surface area contributed by atoms with Crippen molar-refractivity contribution in [2.45, 2.75) is 328 Å². The molecule has 0 aromatic carbocycles. The van der Waals surface area contributed by atoms with Crippen LogP contribution in [0, 0.1) is 0 Å². The number of phosphoric acid groups is 1. The summed E-state index contributed by atoms with van der Waals surface area (Å²) in [5.41, 5.74) is 0. The minimum absolute atomic E-state index is 0.0756. The summed E-state index contributed by atoms with van der Waals surface area (Å²) in [5.74, 6) is -0.141. The largest absolute Gasteiger partial charge is 0.472 e. The summed E-state index contributed by atoms with van der Waals surface area (Å²) in [6.45, 7) is 4.92. The van der Waals surface area contributed by atoms with E-state index < -0.39 is 20.0 Å². The fraction of sp³-hybridized carbons (Fsp3) is 0.891. The predicted molar refractivity (Wildman–Crippen MR) is 318 cm³/mol. The van der Waals surface area contributed by atoms with Crippen molar-refractivity contribution in [3.8, 4) is 0 Å². The molecule has 0 aliphatic heterocycles. The van der Waals surface area contributed by atoms with Crippen LogP contribution in [0.25, 0.3) is 0 Å². The van der Waals surface area contributed by atoms with E-state index >= 15 is 0 Å². The van der Waals surface area contributed by atoms with E-state index in [1.807, 2.05) is 21.1 Å². The molecule has 3 unspecified atom stereocenters. The number of unbranched alkanes of at least 4 members (excludes halogenated alkanes) is 40. The molecule has 0 saturated carbocycles. The van der Waals surface area contributed by atoms with E-state index in [0.29, 0.717) is 23.9 Å². The normalized spacial score (nSPS) is 14.0. The third-order valence-corrected chi connectivity index (χ3v) is 15.6. The number of aliphatic hydroxyl groups excluding tert-OH is 1. The van der Waals surface area contributed by atoms with Gasteiger partial charge in [-0.15, -0.1) is 0 Å². The van der Waals surface area contributed by atoms with Gasteiger partial charge in [0.2, 0.25) is 5.91 Å². The first-order valence-corrected chi connectivity index (χ1v) is 33.3. The van der Waals surface area contributed by atoms with Gasteiger partial charge in [0.1, 0.15) is 13.2 Å². The Hall–Kier alpha value is -1.28. The molecule has 0 aromatic heterocycles. The quantitative estimate of drug-likeness (QED) is 0.0243. The number of amides is 1. The highest BCUT2D eigenvalue weighted by Crippen LogP contribution is 2.43. The van der Waals surface area contributed by atoms with Gasteiger partial charge in [0.25, 0.3) is 0 Å². The fourth-order valence-corrected chi connectivity index (χ4v) is 10.4. The van der Waals surface area contributed by atoms with Crippen LogP contribution in [0.1, 0.15) is 316 Å². The maximum absolute atomic E-state index is 13.0. The summed E-state index contributed by atoms with van der Waals surface area (Å²) < 4.78 is 23.8. The summed E-state index contributed by atoms with van der Waals surface area (Å²) in [4.78, 5) is 23.4. The highest BCUT2D eigenvalue weighted by molar-refractivity contribution is 7.47. The Balaban J connectivity index is 4.09. The summed E-state index contributed by atoms with van der Waals surface area (Å²) in [6, 6.07) is -0.762. The Bertz CT molecular complexity index is 1280. The number of nitrogens with zero attached hydrogens (tertiary/aromatic N) is 1. The molecule has 0 fully saturated rings. The number of rotatable bonds is 59. The number of phosphoric ester groups is 1. The second-order valence-electron chi connectivity index (χ2n) is 23.1. The maximum atomic E-state index is 13.0. The molecule has 3 atom stereocenters. The average Bonchev–Trinajstić information content (AvgIpc) is 3.35. The van der Waals surface area contributed by atoms with E-state index in [4.69, 9.17) is 9.05 Å². The summed E-state index contributed by atoms with van der Waals surface area (Å²) in [5, 5.41) is 14.1. The first-order valence-electron chi connectivity index (χ1n) is 31.9. The van der Waals surface area contributed by atoms with Gasteiger partial charge in [0, 0.05) is 6.42 Å². The number of hydrogen-bond acceptors (Lipinski definition) is 5. The second-order valence-corrected chi connectivity index (χ2v) is 24.6. The van der Waals surface area contributed by atoms with Crippen molar-refractivity contribution < 1.29 is 32.9 Å².